The minimum Gasteiger partial charge on any atom is -0.370 e. The number of hydrogen-bond acceptors (Lipinski definition) is 2. The van der Waals surface area contributed by atoms with Gasteiger partial charge in [0.2, 0.25) is 0 Å². The lowest BCUT2D eigenvalue weighted by Crippen LogP contribution is -2.30. The molecule has 0 saturated heterocycles. The van der Waals surface area contributed by atoms with E-state index in [1.54, 1.807) is 0 Å². The highest BCUT2D eigenvalue weighted by Crippen LogP contribution is 2.24. The van der Waals surface area contributed by atoms with Gasteiger partial charge in [0.25, 0.3) is 0 Å². The average Bonchev–Trinajstić information content (AvgIpc) is 2.01. The smallest absolute Gasteiger partial charge is 0.122 e. The van der Waals surface area contributed by atoms with E-state index in [2.05, 4.69) is 13.0 Å². The van der Waals surface area contributed by atoms with Gasteiger partial charge in [-0.2, -0.15) is 0 Å². The molecule has 3 unspecified atom stereocenters. The Labute approximate surface area is 73.6 Å². The molecule has 1 rings (SSSR count). The molecule has 3 atom stereocenters. The van der Waals surface area contributed by atoms with Crippen LogP contribution in [0.2, 0.25) is 0 Å². The van der Waals surface area contributed by atoms with Crippen LogP contribution in [0, 0.1) is 5.92 Å². The fourth-order valence-electron chi connectivity index (χ4n) is 1.48. The fraction of sp³-hybridized carbons (Fsp3) is 0.700. The summed E-state index contributed by atoms with van der Waals surface area (Å²) in [6.07, 6.45) is 3.86. The van der Waals surface area contributed by atoms with Crippen LogP contribution in [-0.4, -0.2) is 18.5 Å². The topological polar surface area (TPSA) is 26.3 Å². The van der Waals surface area contributed by atoms with Crippen molar-refractivity contribution < 1.29 is 9.53 Å². The van der Waals surface area contributed by atoms with E-state index >= 15 is 0 Å². The molecule has 0 bridgehead atoms. The molecule has 2 heteroatoms. The number of ether oxygens (including phenoxy) is 1. The molecule has 12 heavy (non-hydrogen) atoms. The summed E-state index contributed by atoms with van der Waals surface area (Å²) in [5, 5.41) is 0. The Morgan fingerprint density at radius 1 is 1.58 bits per heavy atom. The second-order valence-corrected chi connectivity index (χ2v) is 3.50. The Morgan fingerprint density at radius 3 is 2.83 bits per heavy atom. The Bertz CT molecular complexity index is 196. The van der Waals surface area contributed by atoms with E-state index in [0.717, 1.165) is 6.29 Å². The summed E-state index contributed by atoms with van der Waals surface area (Å²) in [4.78, 5) is 10.3. The third-order valence-corrected chi connectivity index (χ3v) is 2.46. The maximum absolute atomic E-state index is 10.3. The van der Waals surface area contributed by atoms with Gasteiger partial charge in [-0.05, 0) is 19.4 Å². The molecule has 0 fully saturated rings. The number of carbonyl (C=O) groups is 1. The van der Waals surface area contributed by atoms with Crippen LogP contribution in [0.1, 0.15) is 27.2 Å². The third-order valence-electron chi connectivity index (χ3n) is 2.46. The molecule has 0 amide bonds. The first-order chi connectivity index (χ1) is 5.65. The predicted molar refractivity (Wildman–Crippen MR) is 47.9 cm³/mol. The second kappa shape index (κ2) is 3.85. The number of aldehydes is 1. The first kappa shape index (κ1) is 9.46. The maximum atomic E-state index is 10.3. The standard InChI is InChI=1S/C10H16O2/c1-7-6-8(2)10(4-5-11)12-9(7)3/h5-7,9-10H,4H2,1-3H3. The van der Waals surface area contributed by atoms with Crippen LogP contribution in [-0.2, 0) is 9.53 Å². The van der Waals surface area contributed by atoms with Gasteiger partial charge in [-0.25, -0.2) is 0 Å². The molecule has 0 aromatic heterocycles. The zero-order chi connectivity index (χ0) is 9.14. The molecular weight excluding hydrogens is 152 g/mol. The Kier molecular flexibility index (Phi) is 3.04. The van der Waals surface area contributed by atoms with Crippen molar-refractivity contribution in [3.8, 4) is 0 Å². The summed E-state index contributed by atoms with van der Waals surface area (Å²) in [7, 11) is 0. The van der Waals surface area contributed by atoms with Crippen molar-refractivity contribution in [2.45, 2.75) is 39.4 Å². The van der Waals surface area contributed by atoms with Crippen LogP contribution >= 0.6 is 0 Å². The lowest BCUT2D eigenvalue weighted by molar-refractivity contribution is -0.111. The summed E-state index contributed by atoms with van der Waals surface area (Å²) >= 11 is 0. The van der Waals surface area contributed by atoms with E-state index in [4.69, 9.17) is 4.74 Å². The summed E-state index contributed by atoms with van der Waals surface area (Å²) in [5.74, 6) is 0.466. The fourth-order valence-corrected chi connectivity index (χ4v) is 1.48. The van der Waals surface area contributed by atoms with Gasteiger partial charge in [0, 0.05) is 12.3 Å². The largest absolute Gasteiger partial charge is 0.370 e. The Balaban J connectivity index is 2.67. The van der Waals surface area contributed by atoms with Gasteiger partial charge in [-0.1, -0.05) is 13.0 Å². The van der Waals surface area contributed by atoms with Crippen LogP contribution in [0.3, 0.4) is 0 Å². The molecule has 1 aliphatic heterocycles. The molecule has 0 aromatic carbocycles. The van der Waals surface area contributed by atoms with E-state index in [0.29, 0.717) is 12.3 Å². The van der Waals surface area contributed by atoms with Crippen LogP contribution in [0.5, 0.6) is 0 Å². The van der Waals surface area contributed by atoms with E-state index in [1.807, 2.05) is 13.8 Å². The molecule has 1 heterocycles. The SMILES string of the molecule is CC1=CC(C)C(C)OC1CC=O. The minimum absolute atomic E-state index is 0.0219. The quantitative estimate of drug-likeness (QED) is 0.465. The lowest BCUT2D eigenvalue weighted by Gasteiger charge is -2.30. The summed E-state index contributed by atoms with van der Waals surface area (Å²) < 4.78 is 5.65. The van der Waals surface area contributed by atoms with Crippen LogP contribution in [0.4, 0.5) is 0 Å². The highest BCUT2D eigenvalue weighted by Gasteiger charge is 2.23. The predicted octanol–water partition coefficient (Wildman–Crippen LogP) is 1.95. The molecule has 0 radical (unpaired) electrons. The molecule has 2 nitrogen and oxygen atoms in total. The summed E-state index contributed by atoms with van der Waals surface area (Å²) in [6.45, 7) is 6.20. The van der Waals surface area contributed by atoms with Gasteiger partial charge in [-0.3, -0.25) is 0 Å². The highest BCUT2D eigenvalue weighted by atomic mass is 16.5. The molecule has 68 valence electrons. The van der Waals surface area contributed by atoms with Crippen LogP contribution in [0.25, 0.3) is 0 Å². The third kappa shape index (κ3) is 1.95. The van der Waals surface area contributed by atoms with Crippen molar-refractivity contribution in [2.24, 2.45) is 5.92 Å². The molecule has 0 aromatic rings. The molecule has 1 aliphatic rings. The molecular formula is C10H16O2. The van der Waals surface area contributed by atoms with Gasteiger partial charge in [0.05, 0.1) is 12.2 Å². The number of rotatable bonds is 2. The van der Waals surface area contributed by atoms with Crippen molar-refractivity contribution in [1.29, 1.82) is 0 Å². The average molecular weight is 168 g/mol. The normalized spacial score (nSPS) is 35.9. The van der Waals surface area contributed by atoms with Crippen molar-refractivity contribution in [2.75, 3.05) is 0 Å². The van der Waals surface area contributed by atoms with Gasteiger partial charge >= 0.3 is 0 Å². The number of hydrogen-bond donors (Lipinski definition) is 0. The summed E-state index contributed by atoms with van der Waals surface area (Å²) in [6, 6.07) is 0. The van der Waals surface area contributed by atoms with E-state index in [-0.39, 0.29) is 12.2 Å². The van der Waals surface area contributed by atoms with Crippen molar-refractivity contribution in [1.82, 2.24) is 0 Å². The second-order valence-electron chi connectivity index (χ2n) is 3.50. The Hall–Kier alpha value is -0.630. The van der Waals surface area contributed by atoms with E-state index in [1.165, 1.54) is 5.57 Å². The lowest BCUT2D eigenvalue weighted by atomic mass is 9.95. The first-order valence-electron chi connectivity index (χ1n) is 4.42. The van der Waals surface area contributed by atoms with Crippen molar-refractivity contribution in [3.05, 3.63) is 11.6 Å². The maximum Gasteiger partial charge on any atom is 0.122 e. The molecule has 0 saturated carbocycles. The molecule has 0 spiro atoms. The van der Waals surface area contributed by atoms with Crippen LogP contribution < -0.4 is 0 Å². The number of carbonyl (C=O) groups excluding carboxylic acids is 1. The zero-order valence-electron chi connectivity index (χ0n) is 7.91. The van der Waals surface area contributed by atoms with Crippen molar-refractivity contribution >= 4 is 6.29 Å². The minimum atomic E-state index is 0.0219. The monoisotopic (exact) mass is 168 g/mol. The van der Waals surface area contributed by atoms with Crippen LogP contribution in [0.15, 0.2) is 11.6 Å². The Morgan fingerprint density at radius 2 is 2.25 bits per heavy atom. The van der Waals surface area contributed by atoms with E-state index in [9.17, 15) is 4.79 Å². The highest BCUT2D eigenvalue weighted by molar-refractivity contribution is 5.51. The van der Waals surface area contributed by atoms with Gasteiger partial charge in [0.1, 0.15) is 6.29 Å². The van der Waals surface area contributed by atoms with Crippen molar-refractivity contribution in [3.63, 3.8) is 0 Å². The van der Waals surface area contributed by atoms with Gasteiger partial charge in [-0.15, -0.1) is 0 Å². The summed E-state index contributed by atoms with van der Waals surface area (Å²) in [5.41, 5.74) is 1.19. The van der Waals surface area contributed by atoms with Gasteiger partial charge < -0.3 is 9.53 Å². The zero-order valence-corrected chi connectivity index (χ0v) is 7.91. The molecule has 0 aliphatic carbocycles. The van der Waals surface area contributed by atoms with Gasteiger partial charge in [0.15, 0.2) is 0 Å². The first-order valence-corrected chi connectivity index (χ1v) is 4.42. The van der Waals surface area contributed by atoms with E-state index < -0.39 is 0 Å². The molecule has 0 N–H and O–H groups in total.